The highest BCUT2D eigenvalue weighted by molar-refractivity contribution is 7.16. The van der Waals surface area contributed by atoms with E-state index in [0.29, 0.717) is 23.7 Å². The van der Waals surface area contributed by atoms with Crippen molar-refractivity contribution in [3.8, 4) is 0 Å². The minimum absolute atomic E-state index is 0.157. The summed E-state index contributed by atoms with van der Waals surface area (Å²) >= 11 is 2.82. The van der Waals surface area contributed by atoms with E-state index < -0.39 is 5.97 Å². The third-order valence-corrected chi connectivity index (χ3v) is 6.56. The van der Waals surface area contributed by atoms with Crippen LogP contribution in [0.15, 0.2) is 54.0 Å². The van der Waals surface area contributed by atoms with Gasteiger partial charge in [0, 0.05) is 17.0 Å². The van der Waals surface area contributed by atoms with Crippen LogP contribution in [-0.4, -0.2) is 35.0 Å². The molecule has 0 radical (unpaired) electrons. The van der Waals surface area contributed by atoms with E-state index in [2.05, 4.69) is 9.97 Å². The largest absolute Gasteiger partial charge is 0.461 e. The number of ether oxygens (including phenoxy) is 1. The van der Waals surface area contributed by atoms with Crippen molar-refractivity contribution in [1.82, 2.24) is 9.97 Å². The highest BCUT2D eigenvalue weighted by Gasteiger charge is 2.25. The minimum atomic E-state index is -0.468. The van der Waals surface area contributed by atoms with Gasteiger partial charge < -0.3 is 4.74 Å². The van der Waals surface area contributed by atoms with Gasteiger partial charge in [-0.2, -0.15) is 0 Å². The molecule has 158 valence electrons. The zero-order valence-electron chi connectivity index (χ0n) is 17.2. The Morgan fingerprint density at radius 1 is 1.13 bits per heavy atom. The molecule has 0 saturated heterocycles. The van der Waals surface area contributed by atoms with E-state index in [1.165, 1.54) is 22.7 Å². The summed E-state index contributed by atoms with van der Waals surface area (Å²) in [5.41, 5.74) is 4.58. The van der Waals surface area contributed by atoms with E-state index in [1.807, 2.05) is 49.4 Å². The number of aryl methyl sites for hydroxylation is 1. The number of esters is 1. The summed E-state index contributed by atoms with van der Waals surface area (Å²) in [6, 6.07) is 15.5. The first kappa shape index (κ1) is 21.1. The molecule has 0 aliphatic heterocycles. The molecule has 4 aromatic rings. The quantitative estimate of drug-likeness (QED) is 0.364. The minimum Gasteiger partial charge on any atom is -0.461 e. The lowest BCUT2D eigenvalue weighted by Crippen LogP contribution is -2.33. The molecule has 0 unspecified atom stereocenters. The first-order chi connectivity index (χ1) is 15.1. The Hall–Kier alpha value is -3.10. The van der Waals surface area contributed by atoms with Crippen molar-refractivity contribution in [3.63, 3.8) is 0 Å². The van der Waals surface area contributed by atoms with Gasteiger partial charge in [0.2, 0.25) is 0 Å². The predicted octanol–water partition coefficient (Wildman–Crippen LogP) is 5.13. The lowest BCUT2D eigenvalue weighted by molar-refractivity contribution is 0.0519. The molecule has 0 bridgehead atoms. The molecule has 1 amide bonds. The molecule has 2 heterocycles. The molecule has 0 aliphatic carbocycles. The summed E-state index contributed by atoms with van der Waals surface area (Å²) in [6.45, 7) is 4.29. The van der Waals surface area contributed by atoms with Crippen molar-refractivity contribution in [2.45, 2.75) is 20.3 Å². The summed E-state index contributed by atoms with van der Waals surface area (Å²) < 4.78 is 6.07. The number of hydrogen-bond acceptors (Lipinski definition) is 7. The Labute approximate surface area is 188 Å². The van der Waals surface area contributed by atoms with Gasteiger partial charge >= 0.3 is 5.97 Å². The van der Waals surface area contributed by atoms with Gasteiger partial charge in [0.25, 0.3) is 5.91 Å². The summed E-state index contributed by atoms with van der Waals surface area (Å²) in [4.78, 5) is 36.9. The number of carbonyl (C=O) groups is 2. The first-order valence-electron chi connectivity index (χ1n) is 9.90. The molecule has 0 spiro atoms. The predicted molar refractivity (Wildman–Crippen MR) is 124 cm³/mol. The fourth-order valence-electron chi connectivity index (χ4n) is 3.20. The molecule has 6 nitrogen and oxygen atoms in total. The molecule has 2 aromatic carbocycles. The molecule has 4 rings (SSSR count). The molecule has 31 heavy (non-hydrogen) atoms. The number of rotatable bonds is 7. The smallest absolute Gasteiger partial charge is 0.358 e. The van der Waals surface area contributed by atoms with Crippen LogP contribution >= 0.6 is 22.7 Å². The summed E-state index contributed by atoms with van der Waals surface area (Å²) in [5.74, 6) is -0.626. The highest BCUT2D eigenvalue weighted by Crippen LogP contribution is 2.29. The van der Waals surface area contributed by atoms with Crippen LogP contribution in [0.1, 0.15) is 38.2 Å². The lowest BCUT2D eigenvalue weighted by atomic mass is 10.1. The number of hydrogen-bond donors (Lipinski definition) is 0. The molecule has 0 saturated carbocycles. The van der Waals surface area contributed by atoms with Crippen molar-refractivity contribution in [2.24, 2.45) is 0 Å². The van der Waals surface area contributed by atoms with E-state index in [0.717, 1.165) is 20.7 Å². The van der Waals surface area contributed by atoms with E-state index in [9.17, 15) is 9.59 Å². The molecular formula is C23H21N3O3S2. The van der Waals surface area contributed by atoms with Gasteiger partial charge in [-0.1, -0.05) is 30.3 Å². The number of aromatic nitrogens is 2. The van der Waals surface area contributed by atoms with Crippen LogP contribution in [0.4, 0.5) is 5.13 Å². The van der Waals surface area contributed by atoms with E-state index in [4.69, 9.17) is 4.74 Å². The van der Waals surface area contributed by atoms with Crippen LogP contribution in [0, 0.1) is 6.92 Å². The van der Waals surface area contributed by atoms with Gasteiger partial charge in [0.15, 0.2) is 10.8 Å². The van der Waals surface area contributed by atoms with Crippen molar-refractivity contribution in [1.29, 1.82) is 0 Å². The third kappa shape index (κ3) is 4.65. The summed E-state index contributed by atoms with van der Waals surface area (Å²) in [7, 11) is 0. The zero-order valence-corrected chi connectivity index (χ0v) is 18.8. The van der Waals surface area contributed by atoms with Crippen molar-refractivity contribution in [3.05, 3.63) is 75.7 Å². The average molecular weight is 452 g/mol. The van der Waals surface area contributed by atoms with Gasteiger partial charge in [-0.15, -0.1) is 22.7 Å². The number of anilines is 1. The third-order valence-electron chi connectivity index (χ3n) is 4.78. The van der Waals surface area contributed by atoms with Crippen LogP contribution < -0.4 is 4.90 Å². The van der Waals surface area contributed by atoms with Crippen molar-refractivity contribution >= 4 is 49.9 Å². The maximum absolute atomic E-state index is 13.5. The van der Waals surface area contributed by atoms with Gasteiger partial charge in [-0.05, 0) is 44.0 Å². The number of nitrogens with zero attached hydrogens (tertiary/aromatic N) is 3. The fourth-order valence-corrected chi connectivity index (χ4v) is 4.84. The molecule has 0 fully saturated rings. The molecular weight excluding hydrogens is 430 g/mol. The van der Waals surface area contributed by atoms with E-state index in [-0.39, 0.29) is 18.2 Å². The zero-order chi connectivity index (χ0) is 21.8. The molecule has 0 atom stereocenters. The second kappa shape index (κ2) is 9.36. The Bertz CT molecular complexity index is 1220. The van der Waals surface area contributed by atoms with Gasteiger partial charge in [0.1, 0.15) is 0 Å². The normalized spacial score (nSPS) is 10.9. The van der Waals surface area contributed by atoms with Gasteiger partial charge in [-0.3, -0.25) is 9.69 Å². The van der Waals surface area contributed by atoms with Crippen LogP contribution in [0.5, 0.6) is 0 Å². The van der Waals surface area contributed by atoms with Crippen molar-refractivity contribution in [2.75, 3.05) is 18.1 Å². The fraction of sp³-hybridized carbons (Fsp3) is 0.217. The monoisotopic (exact) mass is 451 g/mol. The summed E-state index contributed by atoms with van der Waals surface area (Å²) in [5, 5.41) is 0.492. The Balaban J connectivity index is 1.67. The lowest BCUT2D eigenvalue weighted by Gasteiger charge is -2.20. The number of carbonyl (C=O) groups excluding carboxylic acids is 2. The Kier molecular flexibility index (Phi) is 6.39. The molecule has 0 aliphatic rings. The number of amides is 1. The van der Waals surface area contributed by atoms with Crippen LogP contribution in [0.25, 0.3) is 10.2 Å². The number of fused-ring (bicyclic) bond motifs is 1. The van der Waals surface area contributed by atoms with E-state index in [1.54, 1.807) is 23.4 Å². The maximum Gasteiger partial charge on any atom is 0.358 e. The molecule has 8 heteroatoms. The van der Waals surface area contributed by atoms with Gasteiger partial charge in [0.05, 0.1) is 22.3 Å². The Morgan fingerprint density at radius 3 is 2.71 bits per heavy atom. The topological polar surface area (TPSA) is 72.4 Å². The second-order valence-electron chi connectivity index (χ2n) is 6.85. The highest BCUT2D eigenvalue weighted by atomic mass is 32.1. The maximum atomic E-state index is 13.5. The van der Waals surface area contributed by atoms with E-state index >= 15 is 0 Å². The molecule has 2 aromatic heterocycles. The average Bonchev–Trinajstić information content (AvgIpc) is 3.40. The SMILES string of the molecule is CCOC(=O)c1nc(N(CCc2ccccc2)C(=O)c2ccc3ncsc3c2)sc1C. The van der Waals surface area contributed by atoms with Crippen LogP contribution in [0.2, 0.25) is 0 Å². The van der Waals surface area contributed by atoms with Crippen molar-refractivity contribution < 1.29 is 14.3 Å². The Morgan fingerprint density at radius 2 is 1.94 bits per heavy atom. The van der Waals surface area contributed by atoms with Gasteiger partial charge in [-0.25, -0.2) is 14.8 Å². The van der Waals surface area contributed by atoms with Crippen LogP contribution in [-0.2, 0) is 11.2 Å². The first-order valence-corrected chi connectivity index (χ1v) is 11.6. The number of benzene rings is 2. The second-order valence-corrected chi connectivity index (χ2v) is 8.92. The number of thiazole rings is 2. The molecule has 0 N–H and O–H groups in total. The summed E-state index contributed by atoms with van der Waals surface area (Å²) in [6.07, 6.45) is 0.669. The van der Waals surface area contributed by atoms with Crippen LogP contribution in [0.3, 0.4) is 0 Å². The standard InChI is InChI=1S/C23H21N3O3S2/c1-3-29-22(28)20-15(2)31-23(25-20)26(12-11-16-7-5-4-6-8-16)21(27)17-9-10-18-19(13-17)30-14-24-18/h4-10,13-14H,3,11-12H2,1-2H3.